The van der Waals surface area contributed by atoms with Gasteiger partial charge in [0.25, 0.3) is 0 Å². The lowest BCUT2D eigenvalue weighted by Gasteiger charge is -2.39. The molecule has 0 bridgehead atoms. The number of ether oxygens (including phenoxy) is 2. The highest BCUT2D eigenvalue weighted by atomic mass is 16.7. The highest BCUT2D eigenvalue weighted by Gasteiger charge is 2.33. The molecule has 0 aliphatic carbocycles. The summed E-state index contributed by atoms with van der Waals surface area (Å²) in [7, 11) is 2.13. The summed E-state index contributed by atoms with van der Waals surface area (Å²) in [6, 6.07) is 35.0. The number of hydrogen-bond acceptors (Lipinski definition) is 6. The molecule has 0 unspecified atom stereocenters. The Kier molecular flexibility index (Phi) is 13.1. The van der Waals surface area contributed by atoms with Crippen LogP contribution in [0.5, 0.6) is 0 Å². The zero-order chi connectivity index (χ0) is 34.6. The number of amides is 1. The Bertz CT molecular complexity index is 1630. The lowest BCUT2D eigenvalue weighted by atomic mass is 9.97. The molecule has 49 heavy (non-hydrogen) atoms. The van der Waals surface area contributed by atoms with Gasteiger partial charge in [0.1, 0.15) is 0 Å². The zero-order valence-electron chi connectivity index (χ0n) is 28.5. The van der Waals surface area contributed by atoms with Crippen LogP contribution in [0.4, 0.5) is 0 Å². The minimum atomic E-state index is -0.802. The average molecular weight is 665 g/mol. The number of hydrogen-bond donors (Lipinski definition) is 3. The van der Waals surface area contributed by atoms with E-state index < -0.39 is 12.3 Å². The van der Waals surface area contributed by atoms with Crippen LogP contribution < -0.4 is 5.32 Å². The molecule has 8 nitrogen and oxygen atoms in total. The largest absolute Gasteiger partial charge is 0.481 e. The standard InChI is InChI=1S/C41H48N2O6/c1-29(31-11-5-3-6-12-31)43(2)27-36-25-38(33-19-17-30(28-44)18-20-33)49-41(48-36)34-23-21-32(22-24-34)37-14-10-9-13-35(37)26-42-39(45)15-7-4-8-16-40(46)47/h3,5-6,9-14,17-24,29,36,38,41,44H,4,7-8,15-16,25-28H2,1-2H3,(H,42,45)(H,46,47)/t29-,36+,38-,41-/m0/s1. The highest BCUT2D eigenvalue weighted by Crippen LogP contribution is 2.39. The number of carbonyl (C=O) groups is 2. The van der Waals surface area contributed by atoms with Crippen LogP contribution in [0.3, 0.4) is 0 Å². The van der Waals surface area contributed by atoms with E-state index in [0.717, 1.165) is 46.3 Å². The molecule has 3 N–H and O–H groups in total. The van der Waals surface area contributed by atoms with Crippen molar-refractivity contribution < 1.29 is 29.3 Å². The Morgan fingerprint density at radius 3 is 2.22 bits per heavy atom. The molecule has 4 aromatic carbocycles. The van der Waals surface area contributed by atoms with Gasteiger partial charge in [-0.2, -0.15) is 0 Å². The van der Waals surface area contributed by atoms with Crippen LogP contribution >= 0.6 is 0 Å². The van der Waals surface area contributed by atoms with Crippen LogP contribution in [0.25, 0.3) is 11.1 Å². The second-order valence-electron chi connectivity index (χ2n) is 12.9. The first kappa shape index (κ1) is 36.0. The molecular formula is C41H48N2O6. The minimum Gasteiger partial charge on any atom is -0.481 e. The topological polar surface area (TPSA) is 108 Å². The van der Waals surface area contributed by atoms with Crippen LogP contribution in [0.2, 0.25) is 0 Å². The predicted octanol–water partition coefficient (Wildman–Crippen LogP) is 7.74. The van der Waals surface area contributed by atoms with E-state index in [-0.39, 0.29) is 37.2 Å². The third-order valence-electron chi connectivity index (χ3n) is 9.33. The van der Waals surface area contributed by atoms with Crippen molar-refractivity contribution in [3.8, 4) is 11.1 Å². The molecule has 1 saturated heterocycles. The molecule has 0 spiro atoms. The fourth-order valence-corrected chi connectivity index (χ4v) is 6.29. The number of nitrogens with zero attached hydrogens (tertiary/aromatic N) is 1. The molecule has 0 radical (unpaired) electrons. The van der Waals surface area contributed by atoms with Crippen molar-refractivity contribution in [2.75, 3.05) is 13.6 Å². The summed E-state index contributed by atoms with van der Waals surface area (Å²) in [4.78, 5) is 25.5. The van der Waals surface area contributed by atoms with Crippen LogP contribution in [0.15, 0.2) is 103 Å². The number of nitrogens with one attached hydrogen (secondary N) is 1. The van der Waals surface area contributed by atoms with E-state index in [1.807, 2.05) is 48.5 Å². The number of carbonyl (C=O) groups excluding carboxylic acids is 1. The lowest BCUT2D eigenvalue weighted by molar-refractivity contribution is -0.253. The van der Waals surface area contributed by atoms with Crippen molar-refractivity contribution in [3.05, 3.63) is 131 Å². The molecule has 8 heteroatoms. The van der Waals surface area contributed by atoms with Gasteiger partial charge in [0, 0.05) is 44.0 Å². The Morgan fingerprint density at radius 2 is 1.51 bits per heavy atom. The summed E-state index contributed by atoms with van der Waals surface area (Å²) in [6.45, 7) is 3.36. The number of benzene rings is 4. The third-order valence-corrected chi connectivity index (χ3v) is 9.33. The van der Waals surface area contributed by atoms with Crippen molar-refractivity contribution in [3.63, 3.8) is 0 Å². The van der Waals surface area contributed by atoms with Crippen molar-refractivity contribution in [2.24, 2.45) is 0 Å². The summed E-state index contributed by atoms with van der Waals surface area (Å²) >= 11 is 0. The normalized spacial score (nSPS) is 18.2. The molecule has 5 rings (SSSR count). The van der Waals surface area contributed by atoms with Crippen molar-refractivity contribution in [1.82, 2.24) is 10.2 Å². The van der Waals surface area contributed by atoms with Crippen LogP contribution in [-0.2, 0) is 32.2 Å². The highest BCUT2D eigenvalue weighted by molar-refractivity contribution is 5.76. The van der Waals surface area contributed by atoms with Crippen molar-refractivity contribution >= 4 is 11.9 Å². The van der Waals surface area contributed by atoms with Gasteiger partial charge in [-0.15, -0.1) is 0 Å². The molecule has 4 atom stereocenters. The van der Waals surface area contributed by atoms with Gasteiger partial charge in [-0.25, -0.2) is 0 Å². The number of carboxylic acid groups (broad SMARTS) is 1. The van der Waals surface area contributed by atoms with Gasteiger partial charge in [-0.1, -0.05) is 110 Å². The Labute approximate surface area is 289 Å². The number of likely N-dealkylation sites (N-methyl/N-ethyl adjacent to an activating group) is 1. The Morgan fingerprint density at radius 1 is 0.837 bits per heavy atom. The molecular weight excluding hydrogens is 616 g/mol. The number of aliphatic hydroxyl groups excluding tert-OH is 1. The van der Waals surface area contributed by atoms with Gasteiger partial charge in [0.2, 0.25) is 5.91 Å². The monoisotopic (exact) mass is 664 g/mol. The van der Waals surface area contributed by atoms with Crippen LogP contribution in [0.1, 0.15) is 91.7 Å². The first-order valence-corrected chi connectivity index (χ1v) is 17.2. The van der Waals surface area contributed by atoms with Gasteiger partial charge in [0.15, 0.2) is 6.29 Å². The maximum Gasteiger partial charge on any atom is 0.303 e. The maximum atomic E-state index is 12.5. The van der Waals surface area contributed by atoms with Gasteiger partial charge in [-0.05, 0) is 60.2 Å². The molecule has 1 aliphatic rings. The van der Waals surface area contributed by atoms with Crippen molar-refractivity contribution in [1.29, 1.82) is 0 Å². The van der Waals surface area contributed by atoms with Gasteiger partial charge >= 0.3 is 5.97 Å². The summed E-state index contributed by atoms with van der Waals surface area (Å²) in [6.07, 6.45) is 2.41. The number of carboxylic acids is 1. The molecule has 1 fully saturated rings. The first-order chi connectivity index (χ1) is 23.8. The third kappa shape index (κ3) is 10.3. The van der Waals surface area contributed by atoms with E-state index in [2.05, 4.69) is 78.8 Å². The fourth-order valence-electron chi connectivity index (χ4n) is 6.29. The smallest absolute Gasteiger partial charge is 0.303 e. The number of aliphatic carboxylic acids is 1. The van der Waals surface area contributed by atoms with E-state index in [1.54, 1.807) is 0 Å². The number of unbranched alkanes of at least 4 members (excludes halogenated alkanes) is 2. The fraction of sp³-hybridized carbons (Fsp3) is 0.366. The molecule has 0 saturated carbocycles. The number of aliphatic hydroxyl groups is 1. The van der Waals surface area contributed by atoms with E-state index in [9.17, 15) is 14.7 Å². The van der Waals surface area contributed by atoms with Crippen LogP contribution in [0, 0.1) is 0 Å². The van der Waals surface area contributed by atoms with E-state index in [0.29, 0.717) is 32.2 Å². The molecule has 1 amide bonds. The number of rotatable bonds is 16. The molecule has 1 aliphatic heterocycles. The first-order valence-electron chi connectivity index (χ1n) is 17.2. The average Bonchev–Trinajstić information content (AvgIpc) is 3.14. The SMILES string of the molecule is C[C@@H](c1ccccc1)N(C)C[C@H]1C[C@@H](c2ccc(CO)cc2)O[C@@H](c2ccc(-c3ccccc3CNC(=O)CCCCCC(=O)O)cc2)O1. The van der Waals surface area contributed by atoms with E-state index >= 15 is 0 Å². The van der Waals surface area contributed by atoms with E-state index in [1.165, 1.54) is 5.56 Å². The lowest BCUT2D eigenvalue weighted by Crippen LogP contribution is -2.38. The van der Waals surface area contributed by atoms with Gasteiger partial charge in [0.05, 0.1) is 18.8 Å². The summed E-state index contributed by atoms with van der Waals surface area (Å²) in [5.41, 5.74) is 7.19. The second-order valence-corrected chi connectivity index (χ2v) is 12.9. The summed E-state index contributed by atoms with van der Waals surface area (Å²) in [5.74, 6) is -0.838. The van der Waals surface area contributed by atoms with Crippen molar-refractivity contribution in [2.45, 2.75) is 83.1 Å². The molecule has 1 heterocycles. The van der Waals surface area contributed by atoms with Crippen LogP contribution in [-0.4, -0.2) is 46.7 Å². The minimum absolute atomic E-state index is 0.000361. The zero-order valence-corrected chi connectivity index (χ0v) is 28.5. The van der Waals surface area contributed by atoms with Gasteiger partial charge in [-0.3, -0.25) is 14.5 Å². The summed E-state index contributed by atoms with van der Waals surface area (Å²) < 4.78 is 13.2. The summed E-state index contributed by atoms with van der Waals surface area (Å²) in [5, 5.41) is 21.4. The molecule has 0 aromatic heterocycles. The van der Waals surface area contributed by atoms with E-state index in [4.69, 9.17) is 14.6 Å². The second kappa shape index (κ2) is 17.9. The maximum absolute atomic E-state index is 12.5. The molecule has 4 aromatic rings. The quantitative estimate of drug-likeness (QED) is 0.105. The molecule has 258 valence electrons. The van der Waals surface area contributed by atoms with Gasteiger partial charge < -0.3 is 25.0 Å². The Hall–Kier alpha value is -4.34. The Balaban J connectivity index is 1.27. The predicted molar refractivity (Wildman–Crippen MR) is 190 cm³/mol.